The van der Waals surface area contributed by atoms with Gasteiger partial charge in [0, 0.05) is 31.6 Å². The fourth-order valence-corrected chi connectivity index (χ4v) is 1.86. The van der Waals surface area contributed by atoms with Gasteiger partial charge in [0.15, 0.2) is 5.82 Å². The number of hydrogen-bond acceptors (Lipinski definition) is 4. The molecule has 6 nitrogen and oxygen atoms in total. The summed E-state index contributed by atoms with van der Waals surface area (Å²) in [5, 5.41) is 6.77. The number of hydrogen-bond donors (Lipinski definition) is 1. The van der Waals surface area contributed by atoms with Gasteiger partial charge < -0.3 is 14.7 Å². The van der Waals surface area contributed by atoms with Crippen molar-refractivity contribution in [1.29, 1.82) is 0 Å². The van der Waals surface area contributed by atoms with Crippen molar-refractivity contribution in [3.63, 3.8) is 0 Å². The van der Waals surface area contributed by atoms with E-state index in [2.05, 4.69) is 15.5 Å². The average Bonchev–Trinajstić information content (AvgIpc) is 3.02. The Morgan fingerprint density at radius 1 is 1.39 bits per heavy atom. The van der Waals surface area contributed by atoms with Crippen molar-refractivity contribution < 1.29 is 13.7 Å². The van der Waals surface area contributed by atoms with Crippen LogP contribution in [0.15, 0.2) is 28.8 Å². The summed E-state index contributed by atoms with van der Waals surface area (Å²) in [7, 11) is 1.72. The van der Waals surface area contributed by atoms with Crippen molar-refractivity contribution in [1.82, 2.24) is 20.4 Å². The molecule has 0 radical (unpaired) electrons. The number of nitrogens with one attached hydrogen (secondary N) is 1. The van der Waals surface area contributed by atoms with Gasteiger partial charge in [-0.15, -0.1) is 0 Å². The zero-order valence-corrected chi connectivity index (χ0v) is 13.5. The molecule has 0 spiro atoms. The van der Waals surface area contributed by atoms with Crippen molar-refractivity contribution in [3.8, 4) is 11.5 Å². The number of carbonyl (C=O) groups is 1. The van der Waals surface area contributed by atoms with E-state index in [0.717, 1.165) is 6.42 Å². The SMILES string of the molecule is CC[C@@H](C)NC(=O)N(C)CCc1noc(-c2ccc(F)cc2)n1. The maximum absolute atomic E-state index is 12.9. The minimum absolute atomic E-state index is 0.124. The smallest absolute Gasteiger partial charge is 0.317 e. The topological polar surface area (TPSA) is 71.3 Å². The third-order valence-corrected chi connectivity index (χ3v) is 3.56. The van der Waals surface area contributed by atoms with Gasteiger partial charge in [-0.25, -0.2) is 9.18 Å². The van der Waals surface area contributed by atoms with E-state index >= 15 is 0 Å². The van der Waals surface area contributed by atoms with E-state index in [1.165, 1.54) is 12.1 Å². The van der Waals surface area contributed by atoms with Gasteiger partial charge in [-0.1, -0.05) is 12.1 Å². The molecule has 2 amide bonds. The molecule has 1 heterocycles. The van der Waals surface area contributed by atoms with Gasteiger partial charge in [0.1, 0.15) is 5.82 Å². The molecular weight excluding hydrogens is 299 g/mol. The van der Waals surface area contributed by atoms with Gasteiger partial charge in [-0.2, -0.15) is 4.98 Å². The molecule has 0 aliphatic rings. The summed E-state index contributed by atoms with van der Waals surface area (Å²) in [6.45, 7) is 4.45. The summed E-state index contributed by atoms with van der Waals surface area (Å²) >= 11 is 0. The predicted molar refractivity (Wildman–Crippen MR) is 84.3 cm³/mol. The Hall–Kier alpha value is -2.44. The largest absolute Gasteiger partial charge is 0.336 e. The van der Waals surface area contributed by atoms with Crippen LogP contribution in [0, 0.1) is 5.82 Å². The molecule has 2 rings (SSSR count). The molecule has 0 saturated carbocycles. The van der Waals surface area contributed by atoms with Crippen LogP contribution in [-0.4, -0.2) is 40.7 Å². The summed E-state index contributed by atoms with van der Waals surface area (Å²) < 4.78 is 18.1. The van der Waals surface area contributed by atoms with E-state index in [4.69, 9.17) is 4.52 Å². The van der Waals surface area contributed by atoms with Gasteiger partial charge in [-0.3, -0.25) is 0 Å². The van der Waals surface area contributed by atoms with Crippen LogP contribution in [-0.2, 0) is 6.42 Å². The van der Waals surface area contributed by atoms with Crippen LogP contribution in [0.1, 0.15) is 26.1 Å². The van der Waals surface area contributed by atoms with E-state index in [1.54, 1.807) is 24.1 Å². The van der Waals surface area contributed by atoms with E-state index < -0.39 is 0 Å². The second kappa shape index (κ2) is 7.71. The second-order valence-corrected chi connectivity index (χ2v) is 5.45. The molecule has 0 saturated heterocycles. The van der Waals surface area contributed by atoms with Crippen LogP contribution in [0.3, 0.4) is 0 Å². The molecule has 0 unspecified atom stereocenters. The van der Waals surface area contributed by atoms with Crippen molar-refractivity contribution in [3.05, 3.63) is 35.9 Å². The Morgan fingerprint density at radius 3 is 2.74 bits per heavy atom. The Labute approximate surface area is 134 Å². The fraction of sp³-hybridized carbons (Fsp3) is 0.438. The predicted octanol–water partition coefficient (Wildman–Crippen LogP) is 2.86. The van der Waals surface area contributed by atoms with Crippen molar-refractivity contribution in [2.24, 2.45) is 0 Å². The number of carbonyl (C=O) groups excluding carboxylic acids is 1. The quantitative estimate of drug-likeness (QED) is 0.888. The van der Waals surface area contributed by atoms with Gasteiger partial charge in [-0.05, 0) is 37.6 Å². The number of aromatic nitrogens is 2. The number of urea groups is 1. The second-order valence-electron chi connectivity index (χ2n) is 5.45. The molecule has 1 aromatic heterocycles. The molecule has 0 aliphatic carbocycles. The number of halogens is 1. The van der Waals surface area contributed by atoms with Gasteiger partial charge in [0.05, 0.1) is 0 Å². The molecule has 2 aromatic rings. The van der Waals surface area contributed by atoms with Crippen molar-refractivity contribution in [2.45, 2.75) is 32.7 Å². The monoisotopic (exact) mass is 320 g/mol. The number of likely N-dealkylation sites (N-methyl/N-ethyl adjacent to an activating group) is 1. The Bertz CT molecular complexity index is 642. The highest BCUT2D eigenvalue weighted by Gasteiger charge is 2.13. The lowest BCUT2D eigenvalue weighted by Gasteiger charge is -2.20. The van der Waals surface area contributed by atoms with E-state index in [1.807, 2.05) is 13.8 Å². The minimum atomic E-state index is -0.317. The van der Waals surface area contributed by atoms with E-state index in [-0.39, 0.29) is 17.9 Å². The Balaban J connectivity index is 1.89. The highest BCUT2D eigenvalue weighted by Crippen LogP contribution is 2.17. The summed E-state index contributed by atoms with van der Waals surface area (Å²) in [5.74, 6) is 0.529. The first-order valence-electron chi connectivity index (χ1n) is 7.59. The van der Waals surface area contributed by atoms with Gasteiger partial charge in [0.2, 0.25) is 0 Å². The van der Waals surface area contributed by atoms with E-state index in [0.29, 0.717) is 30.2 Å². The minimum Gasteiger partial charge on any atom is -0.336 e. The van der Waals surface area contributed by atoms with Crippen LogP contribution in [0.2, 0.25) is 0 Å². The molecular formula is C16H21FN4O2. The first-order valence-corrected chi connectivity index (χ1v) is 7.59. The lowest BCUT2D eigenvalue weighted by atomic mass is 10.2. The molecule has 124 valence electrons. The normalized spacial score (nSPS) is 12.0. The summed E-state index contributed by atoms with van der Waals surface area (Å²) in [6.07, 6.45) is 1.36. The van der Waals surface area contributed by atoms with Crippen LogP contribution < -0.4 is 5.32 Å². The summed E-state index contributed by atoms with van der Waals surface area (Å²) in [6, 6.07) is 5.86. The van der Waals surface area contributed by atoms with Crippen LogP contribution in [0.25, 0.3) is 11.5 Å². The number of nitrogens with zero attached hydrogens (tertiary/aromatic N) is 3. The Kier molecular flexibility index (Phi) is 5.67. The summed E-state index contributed by atoms with van der Waals surface area (Å²) in [5.41, 5.74) is 0.660. The Morgan fingerprint density at radius 2 is 2.09 bits per heavy atom. The highest BCUT2D eigenvalue weighted by molar-refractivity contribution is 5.74. The van der Waals surface area contributed by atoms with Crippen LogP contribution in [0.4, 0.5) is 9.18 Å². The molecule has 0 bridgehead atoms. The standard InChI is InChI=1S/C16H21FN4O2/c1-4-11(2)18-16(22)21(3)10-9-14-19-15(23-20-14)12-5-7-13(17)8-6-12/h5-8,11H,4,9-10H2,1-3H3,(H,18,22)/t11-/m1/s1. The number of rotatable bonds is 6. The van der Waals surface area contributed by atoms with Crippen LogP contribution in [0.5, 0.6) is 0 Å². The molecule has 1 N–H and O–H groups in total. The van der Waals surface area contributed by atoms with Gasteiger partial charge in [0.25, 0.3) is 5.89 Å². The van der Waals surface area contributed by atoms with Crippen LogP contribution >= 0.6 is 0 Å². The molecule has 23 heavy (non-hydrogen) atoms. The number of amides is 2. The van der Waals surface area contributed by atoms with Gasteiger partial charge >= 0.3 is 6.03 Å². The lowest BCUT2D eigenvalue weighted by Crippen LogP contribution is -2.42. The average molecular weight is 320 g/mol. The maximum atomic E-state index is 12.9. The highest BCUT2D eigenvalue weighted by atomic mass is 19.1. The lowest BCUT2D eigenvalue weighted by molar-refractivity contribution is 0.205. The first-order chi connectivity index (χ1) is 11.0. The molecule has 0 fully saturated rings. The third-order valence-electron chi connectivity index (χ3n) is 3.56. The molecule has 0 aliphatic heterocycles. The molecule has 1 aromatic carbocycles. The number of benzene rings is 1. The van der Waals surface area contributed by atoms with Crippen molar-refractivity contribution in [2.75, 3.05) is 13.6 Å². The zero-order valence-electron chi connectivity index (χ0n) is 13.5. The third kappa shape index (κ3) is 4.77. The first kappa shape index (κ1) is 16.9. The maximum Gasteiger partial charge on any atom is 0.317 e. The van der Waals surface area contributed by atoms with Crippen molar-refractivity contribution >= 4 is 6.03 Å². The molecule has 7 heteroatoms. The fourth-order valence-electron chi connectivity index (χ4n) is 1.86. The molecule has 1 atom stereocenters. The zero-order chi connectivity index (χ0) is 16.8. The van der Waals surface area contributed by atoms with E-state index in [9.17, 15) is 9.18 Å². The summed E-state index contributed by atoms with van der Waals surface area (Å²) in [4.78, 5) is 17.8.